The molecule has 0 aromatic carbocycles. The van der Waals surface area contributed by atoms with Crippen molar-refractivity contribution in [2.75, 3.05) is 0 Å². The predicted molar refractivity (Wildman–Crippen MR) is 24.4 cm³/mol. The fourth-order valence-corrected chi connectivity index (χ4v) is 0.691. The zero-order valence-corrected chi connectivity index (χ0v) is 4.59. The van der Waals surface area contributed by atoms with Crippen LogP contribution in [0.4, 0.5) is 0 Å². The van der Waals surface area contributed by atoms with Crippen LogP contribution in [0.5, 0.6) is 0 Å². The van der Waals surface area contributed by atoms with Gasteiger partial charge in [0, 0.05) is 5.92 Å². The minimum Gasteiger partial charge on any atom is -0.544 e. The van der Waals surface area contributed by atoms with E-state index in [1.807, 2.05) is 0 Å². The first-order valence-corrected chi connectivity index (χ1v) is 2.76. The van der Waals surface area contributed by atoms with Crippen molar-refractivity contribution in [1.29, 1.82) is 0 Å². The Bertz CT molecular complexity index is 109. The number of carbonyl (C=O) groups excluding carboxylic acids is 1. The van der Waals surface area contributed by atoms with Gasteiger partial charge in [0.2, 0.25) is 0 Å². The average molecular weight is 115 g/mol. The molecule has 8 heavy (non-hydrogen) atoms. The lowest BCUT2D eigenvalue weighted by molar-refractivity contribution is -0.442. The number of quaternary nitrogens is 1. The van der Waals surface area contributed by atoms with Crippen LogP contribution >= 0.6 is 0 Å². The molecule has 0 spiro atoms. The highest BCUT2D eigenvalue weighted by Crippen LogP contribution is 2.30. The molecule has 0 bridgehead atoms. The summed E-state index contributed by atoms with van der Waals surface area (Å²) in [6.45, 7) is 0. The first-order valence-electron chi connectivity index (χ1n) is 2.76. The Balaban J connectivity index is 2.32. The molecule has 0 unspecified atom stereocenters. The molecule has 3 heteroatoms. The summed E-state index contributed by atoms with van der Waals surface area (Å²) in [6, 6.07) is -0.463. The lowest BCUT2D eigenvalue weighted by Gasteiger charge is -2.05. The monoisotopic (exact) mass is 115 g/mol. The molecule has 3 N–H and O–H groups in total. The van der Waals surface area contributed by atoms with Gasteiger partial charge in [0.1, 0.15) is 6.04 Å². The zero-order valence-electron chi connectivity index (χ0n) is 4.59. The Labute approximate surface area is 47.5 Å². The second-order valence-corrected chi connectivity index (χ2v) is 2.26. The first-order chi connectivity index (χ1) is 3.72. The third-order valence-corrected chi connectivity index (χ3v) is 1.49. The van der Waals surface area contributed by atoms with Crippen molar-refractivity contribution >= 4 is 5.97 Å². The molecule has 1 aliphatic carbocycles. The highest BCUT2D eigenvalue weighted by atomic mass is 16.4. The van der Waals surface area contributed by atoms with Crippen LogP contribution in [0.3, 0.4) is 0 Å². The summed E-state index contributed by atoms with van der Waals surface area (Å²) in [7, 11) is 0. The Morgan fingerprint density at radius 2 is 2.25 bits per heavy atom. The van der Waals surface area contributed by atoms with Crippen LogP contribution in [-0.4, -0.2) is 12.0 Å². The zero-order chi connectivity index (χ0) is 6.15. The van der Waals surface area contributed by atoms with Gasteiger partial charge in [-0.3, -0.25) is 0 Å². The van der Waals surface area contributed by atoms with Crippen LogP contribution in [0.1, 0.15) is 12.8 Å². The summed E-state index contributed by atoms with van der Waals surface area (Å²) < 4.78 is 0. The van der Waals surface area contributed by atoms with Crippen molar-refractivity contribution in [3.05, 3.63) is 0 Å². The molecule has 0 aromatic rings. The van der Waals surface area contributed by atoms with E-state index in [0.717, 1.165) is 12.8 Å². The topological polar surface area (TPSA) is 67.8 Å². The van der Waals surface area contributed by atoms with Crippen LogP contribution in [0.15, 0.2) is 0 Å². The number of carbonyl (C=O) groups is 1. The molecular weight excluding hydrogens is 106 g/mol. The Morgan fingerprint density at radius 1 is 1.75 bits per heavy atom. The summed E-state index contributed by atoms with van der Waals surface area (Å²) in [5.74, 6) is -0.687. The van der Waals surface area contributed by atoms with Gasteiger partial charge in [0.15, 0.2) is 0 Å². The minimum atomic E-state index is -1.01. The summed E-state index contributed by atoms with van der Waals surface area (Å²) in [5, 5.41) is 10.0. The molecule has 1 rings (SSSR count). The number of carboxylic acid groups (broad SMARTS) is 1. The smallest absolute Gasteiger partial charge is 0.127 e. The minimum absolute atomic E-state index is 0.319. The van der Waals surface area contributed by atoms with Gasteiger partial charge < -0.3 is 15.6 Å². The summed E-state index contributed by atoms with van der Waals surface area (Å²) in [6.07, 6.45) is 2.03. The second kappa shape index (κ2) is 1.74. The molecule has 1 saturated carbocycles. The van der Waals surface area contributed by atoms with Crippen LogP contribution in [-0.2, 0) is 4.79 Å². The summed E-state index contributed by atoms with van der Waals surface area (Å²) in [5.41, 5.74) is 3.44. The number of hydrogen-bond acceptors (Lipinski definition) is 2. The fourth-order valence-electron chi connectivity index (χ4n) is 0.691. The molecule has 0 aromatic heterocycles. The molecule has 3 nitrogen and oxygen atoms in total. The third kappa shape index (κ3) is 0.980. The van der Waals surface area contributed by atoms with Crippen LogP contribution in [0.25, 0.3) is 0 Å². The SMILES string of the molecule is [NH3+][C@H](C(=O)[O-])C1CC1. The molecule has 0 heterocycles. The van der Waals surface area contributed by atoms with Crippen LogP contribution in [0, 0.1) is 5.92 Å². The number of aliphatic carboxylic acids is 1. The van der Waals surface area contributed by atoms with Crippen molar-refractivity contribution in [3.8, 4) is 0 Å². The Morgan fingerprint density at radius 3 is 2.38 bits per heavy atom. The van der Waals surface area contributed by atoms with Gasteiger partial charge in [0.05, 0.1) is 5.97 Å². The van der Waals surface area contributed by atoms with Crippen molar-refractivity contribution in [2.24, 2.45) is 5.92 Å². The second-order valence-electron chi connectivity index (χ2n) is 2.26. The van der Waals surface area contributed by atoms with Crippen molar-refractivity contribution in [2.45, 2.75) is 18.9 Å². The molecule has 1 aliphatic rings. The van der Waals surface area contributed by atoms with Crippen molar-refractivity contribution < 1.29 is 15.6 Å². The maximum atomic E-state index is 10.0. The van der Waals surface area contributed by atoms with Gasteiger partial charge in [-0.05, 0) is 12.8 Å². The largest absolute Gasteiger partial charge is 0.544 e. The highest BCUT2D eigenvalue weighted by molar-refractivity contribution is 5.70. The normalized spacial score (nSPS) is 22.6. The fraction of sp³-hybridized carbons (Fsp3) is 0.800. The molecule has 0 amide bonds. The number of rotatable bonds is 2. The van der Waals surface area contributed by atoms with Gasteiger partial charge in [-0.25, -0.2) is 0 Å². The molecule has 0 radical (unpaired) electrons. The lowest BCUT2D eigenvalue weighted by atomic mass is 10.2. The summed E-state index contributed by atoms with van der Waals surface area (Å²) >= 11 is 0. The van der Waals surface area contributed by atoms with Crippen molar-refractivity contribution in [1.82, 2.24) is 0 Å². The van der Waals surface area contributed by atoms with Gasteiger partial charge in [-0.2, -0.15) is 0 Å². The van der Waals surface area contributed by atoms with E-state index in [4.69, 9.17) is 0 Å². The Hall–Kier alpha value is -0.570. The van der Waals surface area contributed by atoms with E-state index < -0.39 is 12.0 Å². The van der Waals surface area contributed by atoms with Crippen molar-refractivity contribution in [3.63, 3.8) is 0 Å². The molecule has 1 fully saturated rings. The van der Waals surface area contributed by atoms with Gasteiger partial charge in [-0.1, -0.05) is 0 Å². The van der Waals surface area contributed by atoms with Gasteiger partial charge >= 0.3 is 0 Å². The molecule has 1 atom stereocenters. The summed E-state index contributed by atoms with van der Waals surface area (Å²) in [4.78, 5) is 10.0. The Kier molecular flexibility index (Phi) is 1.21. The number of hydrogen-bond donors (Lipinski definition) is 1. The maximum absolute atomic E-state index is 10.0. The van der Waals surface area contributed by atoms with E-state index in [1.54, 1.807) is 0 Å². The number of carboxylic acids is 1. The van der Waals surface area contributed by atoms with E-state index >= 15 is 0 Å². The van der Waals surface area contributed by atoms with Gasteiger partial charge in [-0.15, -0.1) is 0 Å². The molecule has 0 aliphatic heterocycles. The highest BCUT2D eigenvalue weighted by Gasteiger charge is 2.32. The molecule has 46 valence electrons. The van der Waals surface area contributed by atoms with Crippen LogP contribution in [0.2, 0.25) is 0 Å². The van der Waals surface area contributed by atoms with Crippen LogP contribution < -0.4 is 10.8 Å². The average Bonchev–Trinajstić information content (AvgIpc) is 2.43. The first kappa shape index (κ1) is 5.56. The van der Waals surface area contributed by atoms with E-state index in [0.29, 0.717) is 5.92 Å². The lowest BCUT2D eigenvalue weighted by Crippen LogP contribution is -2.69. The van der Waals surface area contributed by atoms with E-state index in [9.17, 15) is 9.90 Å². The third-order valence-electron chi connectivity index (χ3n) is 1.49. The molecular formula is C5H9NO2. The quantitative estimate of drug-likeness (QED) is 0.442. The maximum Gasteiger partial charge on any atom is 0.127 e. The van der Waals surface area contributed by atoms with E-state index in [1.165, 1.54) is 0 Å². The van der Waals surface area contributed by atoms with E-state index in [-0.39, 0.29) is 0 Å². The van der Waals surface area contributed by atoms with Gasteiger partial charge in [0.25, 0.3) is 0 Å². The molecule has 0 saturated heterocycles. The standard InChI is InChI=1S/C5H9NO2/c6-4(5(7)8)3-1-2-3/h3-4H,1-2,6H2,(H,7,8)/t4-/m0/s1. The predicted octanol–water partition coefficient (Wildman–Crippen LogP) is -2.24. The van der Waals surface area contributed by atoms with E-state index in [2.05, 4.69) is 5.73 Å².